The van der Waals surface area contributed by atoms with Crippen molar-refractivity contribution in [2.75, 3.05) is 19.6 Å². The molecule has 44 valence electrons. The molecule has 0 aromatic heterocycles. The fraction of sp³-hybridized carbons (Fsp3) is 1.00. The van der Waals surface area contributed by atoms with E-state index in [1.54, 1.807) is 0 Å². The molecule has 0 saturated heterocycles. The zero-order chi connectivity index (χ0) is 5.70. The van der Waals surface area contributed by atoms with E-state index in [4.69, 9.17) is 10.2 Å². The van der Waals surface area contributed by atoms with Gasteiger partial charge in [0.1, 0.15) is 0 Å². The summed E-state index contributed by atoms with van der Waals surface area (Å²) in [5.74, 6) is 0. The lowest BCUT2D eigenvalue weighted by atomic mass is 11.7. The van der Waals surface area contributed by atoms with Gasteiger partial charge in [-0.1, -0.05) is 0 Å². The van der Waals surface area contributed by atoms with Gasteiger partial charge in [-0.2, -0.15) is 0 Å². The average Bonchev–Trinajstić information content (AvgIpc) is 1.72. The van der Waals surface area contributed by atoms with Crippen molar-refractivity contribution in [1.29, 1.82) is 0 Å². The average molecular weight is 122 g/mol. The molecule has 0 heterocycles. The SMILES string of the molecule is CO[SiH](CO)CO. The molecule has 0 unspecified atom stereocenters. The van der Waals surface area contributed by atoms with Gasteiger partial charge in [-0.25, -0.2) is 0 Å². The Kier molecular flexibility index (Phi) is 4.32. The number of aliphatic hydroxyl groups excluding tert-OH is 2. The van der Waals surface area contributed by atoms with E-state index in [2.05, 4.69) is 4.43 Å². The van der Waals surface area contributed by atoms with Gasteiger partial charge in [0.2, 0.25) is 9.04 Å². The van der Waals surface area contributed by atoms with Crippen LogP contribution in [0.3, 0.4) is 0 Å². The van der Waals surface area contributed by atoms with Gasteiger partial charge in [0.15, 0.2) is 0 Å². The zero-order valence-corrected chi connectivity index (χ0v) is 5.45. The second-order valence-corrected chi connectivity index (χ2v) is 3.67. The van der Waals surface area contributed by atoms with E-state index in [1.807, 2.05) is 0 Å². The van der Waals surface area contributed by atoms with Crippen LogP contribution < -0.4 is 0 Å². The first-order valence-corrected chi connectivity index (χ1v) is 4.20. The zero-order valence-electron chi connectivity index (χ0n) is 4.29. The maximum atomic E-state index is 8.30. The van der Waals surface area contributed by atoms with Crippen LogP contribution in [0.15, 0.2) is 0 Å². The van der Waals surface area contributed by atoms with Gasteiger partial charge in [-0.15, -0.1) is 0 Å². The van der Waals surface area contributed by atoms with Gasteiger partial charge < -0.3 is 14.6 Å². The fourth-order valence-electron chi connectivity index (χ4n) is 0.207. The van der Waals surface area contributed by atoms with Crippen LogP contribution in [0.25, 0.3) is 0 Å². The lowest BCUT2D eigenvalue weighted by Gasteiger charge is -2.02. The first-order valence-electron chi connectivity index (χ1n) is 2.09. The Balaban J connectivity index is 2.99. The molecule has 0 fully saturated rings. The smallest absolute Gasteiger partial charge is 0.226 e. The lowest BCUT2D eigenvalue weighted by molar-refractivity contribution is 0.274. The van der Waals surface area contributed by atoms with Gasteiger partial charge in [-0.05, 0) is 0 Å². The highest BCUT2D eigenvalue weighted by molar-refractivity contribution is 6.51. The monoisotopic (exact) mass is 122 g/mol. The second kappa shape index (κ2) is 4.26. The standard InChI is InChI=1S/C3H10O3Si/c1-6-7(2-4)3-5/h4-5,7H,2-3H2,1H3. The maximum Gasteiger partial charge on any atom is 0.226 e. The van der Waals surface area contributed by atoms with Crippen LogP contribution in [-0.4, -0.2) is 38.8 Å². The maximum absolute atomic E-state index is 8.30. The normalized spacial score (nSPS) is 10.3. The summed E-state index contributed by atoms with van der Waals surface area (Å²) in [7, 11) is -0.0569. The van der Waals surface area contributed by atoms with Crippen molar-refractivity contribution < 1.29 is 14.6 Å². The molecular weight excluding hydrogens is 112 g/mol. The second-order valence-electron chi connectivity index (χ2n) is 1.22. The molecule has 7 heavy (non-hydrogen) atoms. The fourth-order valence-corrected chi connectivity index (χ4v) is 0.620. The van der Waals surface area contributed by atoms with E-state index in [-0.39, 0.29) is 12.5 Å². The van der Waals surface area contributed by atoms with E-state index in [1.165, 1.54) is 7.11 Å². The Bertz CT molecular complexity index is 31.7. The summed E-state index contributed by atoms with van der Waals surface area (Å²) in [6, 6.07) is 0. The molecule has 0 bridgehead atoms. The molecule has 0 amide bonds. The van der Waals surface area contributed by atoms with Crippen molar-refractivity contribution in [3.05, 3.63) is 0 Å². The van der Waals surface area contributed by atoms with Gasteiger partial charge in [0, 0.05) is 7.11 Å². The third kappa shape index (κ3) is 2.75. The molecular formula is C3H10O3Si. The van der Waals surface area contributed by atoms with Crippen LogP contribution in [0.4, 0.5) is 0 Å². The molecule has 0 spiro atoms. The predicted octanol–water partition coefficient (Wildman–Crippen LogP) is -1.58. The summed E-state index contributed by atoms with van der Waals surface area (Å²) in [4.78, 5) is 0. The summed E-state index contributed by atoms with van der Waals surface area (Å²) < 4.78 is 4.69. The highest BCUT2D eigenvalue weighted by Gasteiger charge is 2.03. The number of hydrogen-bond acceptors (Lipinski definition) is 3. The van der Waals surface area contributed by atoms with E-state index in [9.17, 15) is 0 Å². The Labute approximate surface area is 44.3 Å². The highest BCUT2D eigenvalue weighted by Crippen LogP contribution is 1.75. The first kappa shape index (κ1) is 7.10. The van der Waals surface area contributed by atoms with Gasteiger partial charge in [-0.3, -0.25) is 0 Å². The molecule has 2 N–H and O–H groups in total. The van der Waals surface area contributed by atoms with Crippen LogP contribution in [0.2, 0.25) is 0 Å². The summed E-state index contributed by atoms with van der Waals surface area (Å²) in [6.45, 7) is 0. The largest absolute Gasteiger partial charge is 0.419 e. The summed E-state index contributed by atoms with van der Waals surface area (Å²) in [5, 5.41) is 16.6. The predicted molar refractivity (Wildman–Crippen MR) is 28.3 cm³/mol. The minimum Gasteiger partial charge on any atom is -0.419 e. The topological polar surface area (TPSA) is 49.7 Å². The van der Waals surface area contributed by atoms with Crippen molar-refractivity contribution in [3.8, 4) is 0 Å². The summed E-state index contributed by atoms with van der Waals surface area (Å²) in [6.07, 6.45) is 0.0417. The van der Waals surface area contributed by atoms with Gasteiger partial charge >= 0.3 is 0 Å². The van der Waals surface area contributed by atoms with Crippen LogP contribution in [0, 0.1) is 0 Å². The molecule has 3 nitrogen and oxygen atoms in total. The molecule has 0 radical (unpaired) electrons. The summed E-state index contributed by atoms with van der Waals surface area (Å²) >= 11 is 0. The van der Waals surface area contributed by atoms with Gasteiger partial charge in [0.05, 0.1) is 12.5 Å². The third-order valence-corrected chi connectivity index (χ3v) is 2.22. The van der Waals surface area contributed by atoms with E-state index in [0.717, 1.165) is 0 Å². The van der Waals surface area contributed by atoms with Crippen molar-refractivity contribution in [1.82, 2.24) is 0 Å². The first-order chi connectivity index (χ1) is 3.35. The molecule has 0 aliphatic rings. The Hall–Kier alpha value is 0.0969. The molecule has 0 aromatic rings. The minimum absolute atomic E-state index is 0.0208. The quantitative estimate of drug-likeness (QED) is 0.444. The van der Waals surface area contributed by atoms with E-state index >= 15 is 0 Å². The highest BCUT2D eigenvalue weighted by atomic mass is 28.3. The minimum atomic E-state index is -1.56. The Morgan fingerprint density at radius 3 is 1.86 bits per heavy atom. The van der Waals surface area contributed by atoms with Crippen molar-refractivity contribution >= 4 is 9.04 Å². The number of rotatable bonds is 3. The number of aliphatic hydroxyl groups is 2. The molecule has 0 atom stereocenters. The Morgan fingerprint density at radius 2 is 1.86 bits per heavy atom. The van der Waals surface area contributed by atoms with Crippen molar-refractivity contribution in [3.63, 3.8) is 0 Å². The molecule has 0 aliphatic carbocycles. The molecule has 0 rings (SSSR count). The van der Waals surface area contributed by atoms with Crippen molar-refractivity contribution in [2.24, 2.45) is 0 Å². The molecule has 4 heteroatoms. The van der Waals surface area contributed by atoms with Crippen LogP contribution in [0.1, 0.15) is 0 Å². The lowest BCUT2D eigenvalue weighted by Crippen LogP contribution is -2.26. The Morgan fingerprint density at radius 1 is 1.43 bits per heavy atom. The summed E-state index contributed by atoms with van der Waals surface area (Å²) in [5.41, 5.74) is 0. The molecule has 0 aromatic carbocycles. The van der Waals surface area contributed by atoms with Crippen LogP contribution in [-0.2, 0) is 4.43 Å². The van der Waals surface area contributed by atoms with Crippen molar-refractivity contribution in [2.45, 2.75) is 0 Å². The van der Waals surface area contributed by atoms with Gasteiger partial charge in [0.25, 0.3) is 0 Å². The number of hydrogen-bond donors (Lipinski definition) is 2. The van der Waals surface area contributed by atoms with Crippen LogP contribution in [0.5, 0.6) is 0 Å². The van der Waals surface area contributed by atoms with E-state index in [0.29, 0.717) is 0 Å². The molecule has 0 saturated carbocycles. The van der Waals surface area contributed by atoms with E-state index < -0.39 is 9.04 Å². The third-order valence-electron chi connectivity index (χ3n) is 0.741. The van der Waals surface area contributed by atoms with Crippen LogP contribution >= 0.6 is 0 Å². The molecule has 0 aliphatic heterocycles.